The fraction of sp³-hybridized carbons (Fsp3) is 0.500. The van der Waals surface area contributed by atoms with Gasteiger partial charge in [0, 0.05) is 4.47 Å². The summed E-state index contributed by atoms with van der Waals surface area (Å²) in [6, 6.07) is 8.60. The Morgan fingerprint density at radius 1 is 1.21 bits per heavy atom. The van der Waals surface area contributed by atoms with Crippen LogP contribution in [0.3, 0.4) is 0 Å². The van der Waals surface area contributed by atoms with Gasteiger partial charge in [-0.2, -0.15) is 0 Å². The van der Waals surface area contributed by atoms with Crippen molar-refractivity contribution < 1.29 is 4.74 Å². The molecule has 1 nitrogen and oxygen atoms in total. The second-order valence-corrected chi connectivity index (χ2v) is 5.16. The third-order valence-corrected chi connectivity index (χ3v) is 3.94. The first-order valence-corrected chi connectivity index (χ1v) is 6.04. The summed E-state index contributed by atoms with van der Waals surface area (Å²) >= 11 is 3.46. The number of rotatable bonds is 1. The first-order chi connectivity index (χ1) is 6.81. The highest BCUT2D eigenvalue weighted by Crippen LogP contribution is 2.55. The van der Waals surface area contributed by atoms with Gasteiger partial charge in [0.05, 0.1) is 6.10 Å². The van der Waals surface area contributed by atoms with Crippen molar-refractivity contribution in [3.63, 3.8) is 0 Å². The zero-order valence-corrected chi connectivity index (χ0v) is 9.59. The van der Waals surface area contributed by atoms with Gasteiger partial charge in [-0.1, -0.05) is 40.9 Å². The van der Waals surface area contributed by atoms with Gasteiger partial charge in [-0.05, 0) is 30.5 Å². The fourth-order valence-electron chi connectivity index (χ4n) is 2.58. The highest BCUT2D eigenvalue weighted by Gasteiger charge is 2.57. The molecule has 2 atom stereocenters. The molecule has 1 aromatic rings. The van der Waals surface area contributed by atoms with E-state index in [4.69, 9.17) is 4.74 Å². The number of hydrogen-bond acceptors (Lipinski definition) is 1. The lowest BCUT2D eigenvalue weighted by Gasteiger charge is -2.17. The number of benzene rings is 1. The topological polar surface area (TPSA) is 12.5 Å². The molecule has 3 rings (SSSR count). The standard InChI is InChI=1S/C12H13BrO/c13-10-6-4-9(5-7-10)12-8-2-1-3-11(12)14-12/h4-7,11H,1-3,8H2. The second-order valence-electron chi connectivity index (χ2n) is 4.25. The molecule has 1 heterocycles. The van der Waals surface area contributed by atoms with Crippen LogP contribution in [-0.4, -0.2) is 6.10 Å². The van der Waals surface area contributed by atoms with Crippen LogP contribution in [0.5, 0.6) is 0 Å². The Bertz CT molecular complexity index is 346. The molecular formula is C12H13BrO. The van der Waals surface area contributed by atoms with Crippen molar-refractivity contribution in [2.24, 2.45) is 0 Å². The van der Waals surface area contributed by atoms with Crippen molar-refractivity contribution in [2.75, 3.05) is 0 Å². The van der Waals surface area contributed by atoms with Crippen molar-refractivity contribution in [1.29, 1.82) is 0 Å². The number of hydrogen-bond donors (Lipinski definition) is 0. The van der Waals surface area contributed by atoms with Crippen LogP contribution in [0.2, 0.25) is 0 Å². The lowest BCUT2D eigenvalue weighted by Crippen LogP contribution is -2.16. The monoisotopic (exact) mass is 252 g/mol. The Labute approximate surface area is 92.6 Å². The molecule has 0 bridgehead atoms. The van der Waals surface area contributed by atoms with Gasteiger partial charge >= 0.3 is 0 Å². The van der Waals surface area contributed by atoms with E-state index in [2.05, 4.69) is 40.2 Å². The molecule has 0 N–H and O–H groups in total. The summed E-state index contributed by atoms with van der Waals surface area (Å²) in [7, 11) is 0. The number of halogens is 1. The Hall–Kier alpha value is -0.340. The summed E-state index contributed by atoms with van der Waals surface area (Å²) in [5, 5.41) is 0. The van der Waals surface area contributed by atoms with Gasteiger partial charge in [-0.15, -0.1) is 0 Å². The average molecular weight is 253 g/mol. The van der Waals surface area contributed by atoms with E-state index in [0.29, 0.717) is 6.10 Å². The first-order valence-electron chi connectivity index (χ1n) is 5.25. The fourth-order valence-corrected chi connectivity index (χ4v) is 2.84. The van der Waals surface area contributed by atoms with Crippen LogP contribution in [-0.2, 0) is 10.3 Å². The molecule has 0 amide bonds. The second kappa shape index (κ2) is 3.07. The van der Waals surface area contributed by atoms with Crippen molar-refractivity contribution in [3.05, 3.63) is 34.3 Å². The third-order valence-electron chi connectivity index (χ3n) is 3.41. The minimum atomic E-state index is 0.110. The van der Waals surface area contributed by atoms with Crippen LogP contribution >= 0.6 is 15.9 Å². The normalized spacial score (nSPS) is 35.1. The van der Waals surface area contributed by atoms with Crippen LogP contribution in [0.15, 0.2) is 28.7 Å². The Balaban J connectivity index is 1.92. The molecule has 1 saturated carbocycles. The first kappa shape index (κ1) is 8.93. The summed E-state index contributed by atoms with van der Waals surface area (Å²) in [5.74, 6) is 0. The molecule has 2 aliphatic rings. The number of epoxide rings is 1. The summed E-state index contributed by atoms with van der Waals surface area (Å²) in [6.45, 7) is 0. The molecule has 0 radical (unpaired) electrons. The predicted octanol–water partition coefficient (Wildman–Crippen LogP) is 3.62. The van der Waals surface area contributed by atoms with E-state index in [9.17, 15) is 0 Å². The maximum Gasteiger partial charge on any atom is 0.120 e. The van der Waals surface area contributed by atoms with Gasteiger partial charge in [0.2, 0.25) is 0 Å². The molecule has 1 aliphatic heterocycles. The Morgan fingerprint density at radius 3 is 2.71 bits per heavy atom. The van der Waals surface area contributed by atoms with Gasteiger partial charge in [-0.25, -0.2) is 0 Å². The molecule has 0 aromatic heterocycles. The molecule has 14 heavy (non-hydrogen) atoms. The van der Waals surface area contributed by atoms with Gasteiger partial charge in [-0.3, -0.25) is 0 Å². The Morgan fingerprint density at radius 2 is 2.00 bits per heavy atom. The van der Waals surface area contributed by atoms with E-state index in [-0.39, 0.29) is 5.60 Å². The van der Waals surface area contributed by atoms with Crippen LogP contribution < -0.4 is 0 Å². The SMILES string of the molecule is Brc1ccc(C23CCCCC2O3)cc1. The van der Waals surface area contributed by atoms with Crippen molar-refractivity contribution in [2.45, 2.75) is 37.4 Å². The summed E-state index contributed by atoms with van der Waals surface area (Å²) < 4.78 is 7.02. The van der Waals surface area contributed by atoms with Crippen LogP contribution in [0.4, 0.5) is 0 Å². The van der Waals surface area contributed by atoms with Crippen LogP contribution in [0.1, 0.15) is 31.2 Å². The minimum Gasteiger partial charge on any atom is -0.361 e. The molecule has 1 saturated heterocycles. The van der Waals surface area contributed by atoms with E-state index in [1.165, 1.54) is 31.2 Å². The average Bonchev–Trinajstić information content (AvgIpc) is 2.94. The van der Waals surface area contributed by atoms with E-state index in [0.717, 1.165) is 4.47 Å². The molecule has 1 aliphatic carbocycles. The van der Waals surface area contributed by atoms with Gasteiger partial charge in [0.1, 0.15) is 5.60 Å². The molecule has 1 aromatic carbocycles. The summed E-state index contributed by atoms with van der Waals surface area (Å²) in [5.41, 5.74) is 1.48. The molecule has 2 heteroatoms. The minimum absolute atomic E-state index is 0.110. The number of ether oxygens (including phenoxy) is 1. The quantitative estimate of drug-likeness (QED) is 0.696. The van der Waals surface area contributed by atoms with E-state index >= 15 is 0 Å². The van der Waals surface area contributed by atoms with E-state index < -0.39 is 0 Å². The van der Waals surface area contributed by atoms with Gasteiger partial charge in [0.25, 0.3) is 0 Å². The highest BCUT2D eigenvalue weighted by atomic mass is 79.9. The van der Waals surface area contributed by atoms with Crippen molar-refractivity contribution in [1.82, 2.24) is 0 Å². The maximum absolute atomic E-state index is 5.88. The lowest BCUT2D eigenvalue weighted by molar-refractivity contribution is 0.289. The molecule has 2 unspecified atom stereocenters. The van der Waals surface area contributed by atoms with Gasteiger partial charge in [0.15, 0.2) is 0 Å². The highest BCUT2D eigenvalue weighted by molar-refractivity contribution is 9.10. The smallest absolute Gasteiger partial charge is 0.120 e. The molecule has 0 spiro atoms. The van der Waals surface area contributed by atoms with Crippen LogP contribution in [0, 0.1) is 0 Å². The lowest BCUT2D eigenvalue weighted by atomic mass is 9.84. The zero-order valence-electron chi connectivity index (χ0n) is 8.00. The summed E-state index contributed by atoms with van der Waals surface area (Å²) in [4.78, 5) is 0. The summed E-state index contributed by atoms with van der Waals surface area (Å²) in [6.07, 6.45) is 5.61. The molecular weight excluding hydrogens is 240 g/mol. The van der Waals surface area contributed by atoms with E-state index in [1.807, 2.05) is 0 Å². The van der Waals surface area contributed by atoms with Gasteiger partial charge < -0.3 is 4.74 Å². The van der Waals surface area contributed by atoms with Crippen molar-refractivity contribution >= 4 is 15.9 Å². The van der Waals surface area contributed by atoms with Crippen molar-refractivity contribution in [3.8, 4) is 0 Å². The van der Waals surface area contributed by atoms with Crippen LogP contribution in [0.25, 0.3) is 0 Å². The largest absolute Gasteiger partial charge is 0.361 e. The number of fused-ring (bicyclic) bond motifs is 1. The predicted molar refractivity (Wildman–Crippen MR) is 59.2 cm³/mol. The van der Waals surface area contributed by atoms with E-state index in [1.54, 1.807) is 0 Å². The zero-order chi connectivity index (χ0) is 9.60. The molecule has 2 fully saturated rings. The molecule has 74 valence electrons. The third kappa shape index (κ3) is 1.24. The maximum atomic E-state index is 5.88. The Kier molecular flexibility index (Phi) is 1.96.